The third-order valence-corrected chi connectivity index (χ3v) is 6.28. The zero-order chi connectivity index (χ0) is 24.2. The van der Waals surface area contributed by atoms with Crippen LogP contribution in [0.5, 0.6) is 0 Å². The fourth-order valence-corrected chi connectivity index (χ4v) is 4.39. The second-order valence-electron chi connectivity index (χ2n) is 9.02. The molecule has 0 fully saturated rings. The molecule has 0 bridgehead atoms. The van der Waals surface area contributed by atoms with E-state index in [1.54, 1.807) is 6.92 Å². The maximum atomic E-state index is 12.6. The molecule has 0 aromatic heterocycles. The van der Waals surface area contributed by atoms with Crippen molar-refractivity contribution in [1.82, 2.24) is 10.2 Å². The molecule has 2 aromatic rings. The number of amides is 2. The Morgan fingerprint density at radius 1 is 1.06 bits per heavy atom. The average Bonchev–Trinajstić information content (AvgIpc) is 3.10. The summed E-state index contributed by atoms with van der Waals surface area (Å²) in [7, 11) is 0. The SMILES string of the molecule is CCN(C(=O)CC(C)CNC(=O)OCC1c2ccccc2-c2ccccc21)C(C)(C)C(=O)O. The molecular weight excluding hydrogens is 420 g/mol. The Kier molecular flexibility index (Phi) is 7.41. The van der Waals surface area contributed by atoms with Crippen LogP contribution in [0.2, 0.25) is 0 Å². The summed E-state index contributed by atoms with van der Waals surface area (Å²) in [5, 5.41) is 12.1. The largest absolute Gasteiger partial charge is 0.480 e. The zero-order valence-electron chi connectivity index (χ0n) is 19.6. The van der Waals surface area contributed by atoms with Crippen molar-refractivity contribution in [3.63, 3.8) is 0 Å². The molecular formula is C26H32N2O5. The first kappa shape index (κ1) is 24.3. The van der Waals surface area contributed by atoms with Crippen molar-refractivity contribution < 1.29 is 24.2 Å². The van der Waals surface area contributed by atoms with Crippen LogP contribution in [0, 0.1) is 5.92 Å². The van der Waals surface area contributed by atoms with Gasteiger partial charge in [0.2, 0.25) is 5.91 Å². The minimum absolute atomic E-state index is 0.0153. The van der Waals surface area contributed by atoms with Crippen molar-refractivity contribution in [2.45, 2.75) is 45.6 Å². The van der Waals surface area contributed by atoms with Gasteiger partial charge in [-0.1, -0.05) is 55.5 Å². The molecule has 2 aromatic carbocycles. The first-order chi connectivity index (χ1) is 15.7. The molecule has 3 rings (SSSR count). The van der Waals surface area contributed by atoms with Gasteiger partial charge >= 0.3 is 12.1 Å². The van der Waals surface area contributed by atoms with Gasteiger partial charge in [0.25, 0.3) is 0 Å². The number of hydrogen-bond donors (Lipinski definition) is 2. The Hall–Kier alpha value is -3.35. The Bertz CT molecular complexity index is 987. The maximum absolute atomic E-state index is 12.6. The van der Waals surface area contributed by atoms with E-state index in [4.69, 9.17) is 4.74 Å². The van der Waals surface area contributed by atoms with E-state index in [2.05, 4.69) is 29.6 Å². The van der Waals surface area contributed by atoms with E-state index >= 15 is 0 Å². The molecule has 2 amide bonds. The summed E-state index contributed by atoms with van der Waals surface area (Å²) in [4.78, 5) is 37.8. The summed E-state index contributed by atoms with van der Waals surface area (Å²) >= 11 is 0. The molecule has 1 unspecified atom stereocenters. The van der Waals surface area contributed by atoms with Crippen LogP contribution >= 0.6 is 0 Å². The van der Waals surface area contributed by atoms with Gasteiger partial charge in [0.05, 0.1) is 0 Å². The molecule has 176 valence electrons. The van der Waals surface area contributed by atoms with E-state index in [0.29, 0.717) is 6.54 Å². The number of nitrogens with zero attached hydrogens (tertiary/aromatic N) is 1. The summed E-state index contributed by atoms with van der Waals surface area (Å²) in [6, 6.07) is 16.3. The molecule has 1 aliphatic carbocycles. The number of carboxylic acids is 1. The fraction of sp³-hybridized carbons (Fsp3) is 0.423. The fourth-order valence-electron chi connectivity index (χ4n) is 4.39. The Labute approximate surface area is 194 Å². The highest BCUT2D eigenvalue weighted by Crippen LogP contribution is 2.44. The molecule has 0 saturated carbocycles. The van der Waals surface area contributed by atoms with E-state index in [9.17, 15) is 19.5 Å². The Balaban J connectivity index is 1.52. The van der Waals surface area contributed by atoms with Gasteiger partial charge in [-0.15, -0.1) is 0 Å². The summed E-state index contributed by atoms with van der Waals surface area (Å²) in [6.07, 6.45) is -0.400. The zero-order valence-corrected chi connectivity index (χ0v) is 19.6. The van der Waals surface area contributed by atoms with Crippen LogP contribution in [-0.4, -0.2) is 53.2 Å². The molecule has 7 nitrogen and oxygen atoms in total. The van der Waals surface area contributed by atoms with Crippen molar-refractivity contribution in [1.29, 1.82) is 0 Å². The molecule has 0 saturated heterocycles. The minimum Gasteiger partial charge on any atom is -0.480 e. The monoisotopic (exact) mass is 452 g/mol. The number of ether oxygens (including phenoxy) is 1. The minimum atomic E-state index is -1.29. The van der Waals surface area contributed by atoms with Gasteiger partial charge in [-0.2, -0.15) is 0 Å². The summed E-state index contributed by atoms with van der Waals surface area (Å²) < 4.78 is 5.53. The standard InChI is InChI=1S/C26H32N2O5/c1-5-28(26(3,4)24(30)31)23(29)14-17(2)15-27-25(32)33-16-22-20-12-8-6-10-18(20)19-11-7-9-13-21(19)22/h6-13,17,22H,5,14-16H2,1-4H3,(H,27,32)(H,30,31). The second kappa shape index (κ2) is 10.1. The van der Waals surface area contributed by atoms with Gasteiger partial charge in [0.1, 0.15) is 12.1 Å². The number of hydrogen-bond acceptors (Lipinski definition) is 4. The smallest absolute Gasteiger partial charge is 0.407 e. The van der Waals surface area contributed by atoms with E-state index in [1.807, 2.05) is 31.2 Å². The van der Waals surface area contributed by atoms with E-state index < -0.39 is 17.6 Å². The number of carbonyl (C=O) groups excluding carboxylic acids is 2. The average molecular weight is 453 g/mol. The number of nitrogens with one attached hydrogen (secondary N) is 1. The van der Waals surface area contributed by atoms with Crippen LogP contribution < -0.4 is 5.32 Å². The van der Waals surface area contributed by atoms with E-state index in [1.165, 1.54) is 29.9 Å². The molecule has 0 spiro atoms. The van der Waals surface area contributed by atoms with Crippen LogP contribution in [0.4, 0.5) is 4.79 Å². The number of rotatable bonds is 9. The van der Waals surface area contributed by atoms with Gasteiger partial charge < -0.3 is 20.1 Å². The van der Waals surface area contributed by atoms with Gasteiger partial charge in [-0.3, -0.25) is 4.79 Å². The number of benzene rings is 2. The predicted molar refractivity (Wildman–Crippen MR) is 126 cm³/mol. The van der Waals surface area contributed by atoms with E-state index in [-0.39, 0.29) is 37.3 Å². The molecule has 0 heterocycles. The number of likely N-dealkylation sites (N-methyl/N-ethyl adjacent to an activating group) is 1. The summed E-state index contributed by atoms with van der Waals surface area (Å²) in [5.41, 5.74) is 3.33. The lowest BCUT2D eigenvalue weighted by Crippen LogP contribution is -2.53. The third-order valence-electron chi connectivity index (χ3n) is 6.28. The highest BCUT2D eigenvalue weighted by molar-refractivity contribution is 5.86. The summed E-state index contributed by atoms with van der Waals surface area (Å²) in [6.45, 7) is 7.39. The van der Waals surface area contributed by atoms with Gasteiger partial charge in [-0.05, 0) is 48.9 Å². The van der Waals surface area contributed by atoms with Gasteiger partial charge in [0.15, 0.2) is 0 Å². The lowest BCUT2D eigenvalue weighted by Gasteiger charge is -2.35. The number of aliphatic carboxylic acids is 1. The highest BCUT2D eigenvalue weighted by atomic mass is 16.5. The topological polar surface area (TPSA) is 95.9 Å². The molecule has 7 heteroatoms. The Morgan fingerprint density at radius 3 is 2.12 bits per heavy atom. The maximum Gasteiger partial charge on any atom is 0.407 e. The van der Waals surface area contributed by atoms with Gasteiger partial charge in [0, 0.05) is 25.4 Å². The van der Waals surface area contributed by atoms with Crippen molar-refractivity contribution in [3.8, 4) is 11.1 Å². The molecule has 0 aliphatic heterocycles. The molecule has 0 radical (unpaired) electrons. The molecule has 1 aliphatic rings. The van der Waals surface area contributed by atoms with Crippen molar-refractivity contribution in [2.75, 3.05) is 19.7 Å². The number of alkyl carbamates (subject to hydrolysis) is 1. The predicted octanol–water partition coefficient (Wildman–Crippen LogP) is 4.26. The van der Waals surface area contributed by atoms with Crippen molar-refractivity contribution in [3.05, 3.63) is 59.7 Å². The van der Waals surface area contributed by atoms with Gasteiger partial charge in [-0.25, -0.2) is 9.59 Å². The van der Waals surface area contributed by atoms with E-state index in [0.717, 1.165) is 11.1 Å². The number of carboxylic acid groups (broad SMARTS) is 1. The number of fused-ring (bicyclic) bond motifs is 3. The van der Waals surface area contributed by atoms with Crippen LogP contribution in [0.15, 0.2) is 48.5 Å². The first-order valence-corrected chi connectivity index (χ1v) is 11.3. The third kappa shape index (κ3) is 5.18. The number of carbonyl (C=O) groups is 3. The molecule has 1 atom stereocenters. The molecule has 2 N–H and O–H groups in total. The second-order valence-corrected chi connectivity index (χ2v) is 9.02. The van der Waals surface area contributed by atoms with Crippen molar-refractivity contribution in [2.24, 2.45) is 5.92 Å². The highest BCUT2D eigenvalue weighted by Gasteiger charge is 2.37. The summed E-state index contributed by atoms with van der Waals surface area (Å²) in [5.74, 6) is -1.50. The first-order valence-electron chi connectivity index (χ1n) is 11.3. The van der Waals surface area contributed by atoms with Crippen LogP contribution in [-0.2, 0) is 14.3 Å². The van der Waals surface area contributed by atoms with Crippen molar-refractivity contribution >= 4 is 18.0 Å². The van der Waals surface area contributed by atoms with Crippen LogP contribution in [0.3, 0.4) is 0 Å². The Morgan fingerprint density at radius 2 is 1.61 bits per heavy atom. The lowest BCUT2D eigenvalue weighted by molar-refractivity contribution is -0.157. The molecule has 33 heavy (non-hydrogen) atoms. The van der Waals surface area contributed by atoms with Crippen LogP contribution in [0.25, 0.3) is 11.1 Å². The van der Waals surface area contributed by atoms with Crippen LogP contribution in [0.1, 0.15) is 51.2 Å². The normalized spacial score (nSPS) is 13.6. The lowest BCUT2D eigenvalue weighted by atomic mass is 9.98. The quantitative estimate of drug-likeness (QED) is 0.593.